The Kier molecular flexibility index (Phi) is 7.30. The molecule has 0 atom stereocenters. The van der Waals surface area contributed by atoms with Gasteiger partial charge in [-0.2, -0.15) is 0 Å². The van der Waals surface area contributed by atoms with Gasteiger partial charge in [0.1, 0.15) is 5.82 Å². The van der Waals surface area contributed by atoms with Crippen molar-refractivity contribution in [3.05, 3.63) is 76.4 Å². The molecular formula is C27H27F3N4O2. The van der Waals surface area contributed by atoms with E-state index in [0.29, 0.717) is 30.0 Å². The number of amides is 2. The summed E-state index contributed by atoms with van der Waals surface area (Å²) in [5.41, 5.74) is 1.69. The van der Waals surface area contributed by atoms with Gasteiger partial charge in [0, 0.05) is 46.9 Å². The topological polar surface area (TPSA) is 77.2 Å². The highest BCUT2D eigenvalue weighted by Crippen LogP contribution is 2.38. The minimum absolute atomic E-state index is 0.120. The van der Waals surface area contributed by atoms with Crippen molar-refractivity contribution in [2.24, 2.45) is 0 Å². The minimum Gasteiger partial charge on any atom is -0.358 e. The summed E-state index contributed by atoms with van der Waals surface area (Å²) in [4.78, 5) is 31.1. The molecule has 2 aromatic carbocycles. The van der Waals surface area contributed by atoms with Gasteiger partial charge in [0.2, 0.25) is 0 Å². The molecular weight excluding hydrogens is 469 g/mol. The predicted octanol–water partition coefficient (Wildman–Crippen LogP) is 4.97. The molecule has 4 rings (SSSR count). The average molecular weight is 497 g/mol. The average Bonchev–Trinajstić information content (AvgIpc) is 3.34. The number of aromatic amines is 1. The Morgan fingerprint density at radius 2 is 1.83 bits per heavy atom. The minimum atomic E-state index is -1.12. The van der Waals surface area contributed by atoms with E-state index < -0.39 is 29.3 Å². The number of anilines is 1. The number of rotatable bonds is 8. The number of carbonyl (C=O) groups is 2. The lowest BCUT2D eigenvalue weighted by molar-refractivity contribution is -0.110. The number of aryl methyl sites for hydroxylation is 1. The van der Waals surface area contributed by atoms with Gasteiger partial charge in [-0.05, 0) is 50.4 Å². The van der Waals surface area contributed by atoms with E-state index in [1.165, 1.54) is 36.4 Å². The molecule has 0 saturated heterocycles. The lowest BCUT2D eigenvalue weighted by Crippen LogP contribution is -2.35. The van der Waals surface area contributed by atoms with Crippen LogP contribution >= 0.6 is 0 Å². The molecule has 1 aliphatic rings. The van der Waals surface area contributed by atoms with Crippen molar-refractivity contribution < 1.29 is 22.8 Å². The normalized spacial score (nSPS) is 13.9. The van der Waals surface area contributed by atoms with Crippen LogP contribution in [0.5, 0.6) is 0 Å². The molecule has 0 bridgehead atoms. The number of nitrogens with one attached hydrogen (secondary N) is 3. The number of halogens is 3. The first-order valence-electron chi connectivity index (χ1n) is 11.8. The Morgan fingerprint density at radius 1 is 1.08 bits per heavy atom. The fourth-order valence-corrected chi connectivity index (χ4v) is 4.42. The van der Waals surface area contributed by atoms with Gasteiger partial charge in [0.05, 0.1) is 11.1 Å². The van der Waals surface area contributed by atoms with Crippen molar-refractivity contribution in [2.75, 3.05) is 31.5 Å². The quantitative estimate of drug-likeness (QED) is 0.386. The summed E-state index contributed by atoms with van der Waals surface area (Å²) in [7, 11) is 0. The monoisotopic (exact) mass is 496 g/mol. The van der Waals surface area contributed by atoms with Crippen molar-refractivity contribution >= 4 is 29.2 Å². The van der Waals surface area contributed by atoms with Gasteiger partial charge < -0.3 is 20.5 Å². The van der Waals surface area contributed by atoms with Crippen LogP contribution in [-0.4, -0.2) is 47.9 Å². The molecule has 3 N–H and O–H groups in total. The van der Waals surface area contributed by atoms with E-state index in [2.05, 4.69) is 20.5 Å². The summed E-state index contributed by atoms with van der Waals surface area (Å²) >= 11 is 0. The summed E-state index contributed by atoms with van der Waals surface area (Å²) in [5.74, 6) is -3.64. The number of hydrogen-bond acceptors (Lipinski definition) is 3. The van der Waals surface area contributed by atoms with Crippen LogP contribution in [0.3, 0.4) is 0 Å². The zero-order valence-electron chi connectivity index (χ0n) is 20.3. The fourth-order valence-electron chi connectivity index (χ4n) is 4.42. The Morgan fingerprint density at radius 3 is 2.56 bits per heavy atom. The van der Waals surface area contributed by atoms with E-state index >= 15 is 0 Å². The van der Waals surface area contributed by atoms with Gasteiger partial charge >= 0.3 is 0 Å². The Hall–Kier alpha value is -3.85. The maximum Gasteiger partial charge on any atom is 0.256 e. The van der Waals surface area contributed by atoms with Gasteiger partial charge in [0.15, 0.2) is 11.6 Å². The van der Waals surface area contributed by atoms with Crippen LogP contribution in [0.4, 0.5) is 18.9 Å². The number of nitrogens with zero attached hydrogens (tertiary/aromatic N) is 1. The van der Waals surface area contributed by atoms with Gasteiger partial charge in [-0.1, -0.05) is 26.0 Å². The Balaban J connectivity index is 1.82. The van der Waals surface area contributed by atoms with Crippen molar-refractivity contribution in [3.63, 3.8) is 0 Å². The molecule has 188 valence electrons. The second-order valence-corrected chi connectivity index (χ2v) is 8.50. The molecule has 0 spiro atoms. The number of fused-ring (bicyclic) bond motifs is 1. The molecule has 2 amide bonds. The molecule has 1 aromatic heterocycles. The number of aromatic nitrogens is 1. The molecule has 0 saturated carbocycles. The number of benzene rings is 2. The first-order valence-corrected chi connectivity index (χ1v) is 11.8. The predicted molar refractivity (Wildman–Crippen MR) is 134 cm³/mol. The lowest BCUT2D eigenvalue weighted by Gasteiger charge is -2.18. The molecule has 0 unspecified atom stereocenters. The highest BCUT2D eigenvalue weighted by molar-refractivity contribution is 6.35. The third kappa shape index (κ3) is 4.79. The maximum atomic E-state index is 15.0. The third-order valence-electron chi connectivity index (χ3n) is 6.33. The second-order valence-electron chi connectivity index (χ2n) is 8.50. The number of likely N-dealkylation sites (N-methyl/N-ethyl adjacent to an activating group) is 1. The third-order valence-corrected chi connectivity index (χ3v) is 6.33. The van der Waals surface area contributed by atoms with Gasteiger partial charge in [-0.25, -0.2) is 13.2 Å². The Labute approximate surface area is 207 Å². The van der Waals surface area contributed by atoms with Crippen molar-refractivity contribution in [3.8, 4) is 11.1 Å². The van der Waals surface area contributed by atoms with Crippen LogP contribution in [0.25, 0.3) is 22.8 Å². The molecule has 2 heterocycles. The smallest absolute Gasteiger partial charge is 0.256 e. The van der Waals surface area contributed by atoms with Crippen LogP contribution in [0.2, 0.25) is 0 Å². The van der Waals surface area contributed by atoms with E-state index in [0.717, 1.165) is 19.2 Å². The fraction of sp³-hybridized carbons (Fsp3) is 0.259. The van der Waals surface area contributed by atoms with Gasteiger partial charge in [-0.15, -0.1) is 0 Å². The van der Waals surface area contributed by atoms with Crippen LogP contribution in [0.15, 0.2) is 36.4 Å². The highest BCUT2D eigenvalue weighted by Gasteiger charge is 2.28. The number of H-pyrrole nitrogens is 1. The Bertz CT molecular complexity index is 1360. The van der Waals surface area contributed by atoms with Crippen molar-refractivity contribution in [1.82, 2.24) is 15.2 Å². The number of carbonyl (C=O) groups excluding carboxylic acids is 2. The molecule has 1 aliphatic heterocycles. The van der Waals surface area contributed by atoms with E-state index in [1.807, 2.05) is 13.8 Å². The largest absolute Gasteiger partial charge is 0.358 e. The summed E-state index contributed by atoms with van der Waals surface area (Å²) in [6.45, 7) is 8.34. The molecule has 36 heavy (non-hydrogen) atoms. The van der Waals surface area contributed by atoms with Crippen LogP contribution in [0.1, 0.15) is 41.2 Å². The van der Waals surface area contributed by atoms with E-state index in [1.54, 1.807) is 6.92 Å². The summed E-state index contributed by atoms with van der Waals surface area (Å²) in [6, 6.07) is 7.61. The molecule has 0 aliphatic carbocycles. The standard InChI is InChI=1S/C27H27F3N4O2/c1-4-34(5-2)12-11-31-27(36)23-15(3)32-22(24(23)17-7-6-8-20(29)25(17)30)14-19-18-13-16(28)9-10-21(18)33-26(19)35/h6-10,13-14,32H,4-5,11-12H2,1-3H3,(H,31,36)(H,33,35). The highest BCUT2D eigenvalue weighted by atomic mass is 19.2. The first kappa shape index (κ1) is 25.2. The summed E-state index contributed by atoms with van der Waals surface area (Å²) < 4.78 is 43.1. The molecule has 3 aromatic rings. The summed E-state index contributed by atoms with van der Waals surface area (Å²) in [6.07, 6.45) is 1.43. The van der Waals surface area contributed by atoms with Crippen LogP contribution in [-0.2, 0) is 4.79 Å². The van der Waals surface area contributed by atoms with E-state index in [9.17, 15) is 22.8 Å². The van der Waals surface area contributed by atoms with Crippen molar-refractivity contribution in [2.45, 2.75) is 20.8 Å². The molecule has 6 nitrogen and oxygen atoms in total. The van der Waals surface area contributed by atoms with Crippen molar-refractivity contribution in [1.29, 1.82) is 0 Å². The van der Waals surface area contributed by atoms with Gasteiger partial charge in [0.25, 0.3) is 11.8 Å². The van der Waals surface area contributed by atoms with Crippen LogP contribution < -0.4 is 10.6 Å². The van der Waals surface area contributed by atoms with E-state index in [4.69, 9.17) is 0 Å². The lowest BCUT2D eigenvalue weighted by atomic mass is 9.97. The maximum absolute atomic E-state index is 15.0. The second kappa shape index (κ2) is 10.4. The van der Waals surface area contributed by atoms with Crippen LogP contribution in [0, 0.1) is 24.4 Å². The zero-order valence-corrected chi connectivity index (χ0v) is 20.3. The molecule has 0 radical (unpaired) electrons. The first-order chi connectivity index (χ1) is 17.2. The zero-order chi connectivity index (χ0) is 26.0. The SMILES string of the molecule is CCN(CC)CCNC(=O)c1c(C)[nH]c(C=C2C(=O)Nc3ccc(F)cc32)c1-c1cccc(F)c1F. The van der Waals surface area contributed by atoms with Gasteiger partial charge in [-0.3, -0.25) is 9.59 Å². The van der Waals surface area contributed by atoms with E-state index in [-0.39, 0.29) is 28.0 Å². The summed E-state index contributed by atoms with van der Waals surface area (Å²) in [5, 5.41) is 5.52. The number of hydrogen-bond donors (Lipinski definition) is 3. The molecule has 9 heteroatoms. The molecule has 0 fully saturated rings.